The smallest absolute Gasteiger partial charge is 0.427 e. The lowest BCUT2D eigenvalue weighted by Gasteiger charge is -2.25. The molecule has 0 bridgehead atoms. The second-order valence-electron chi connectivity index (χ2n) is 6.32. The molecule has 1 heterocycles. The molecule has 0 saturated carbocycles. The van der Waals surface area contributed by atoms with E-state index >= 15 is 0 Å². The zero-order valence-electron chi connectivity index (χ0n) is 15.0. The Hall–Kier alpha value is -2.54. The standard InChI is InChI=1S/C21H16BClN2O2S/c1-28-17-6-4-5-14(12-17)15-9-10-19-16(11-15)13-24-25(22(19)27)21(26)18-7-2-3-8-20(18)23/h2-13,27H,1H3. The number of rotatable bonds is 3. The van der Waals surface area contributed by atoms with Crippen molar-refractivity contribution in [2.45, 2.75) is 4.90 Å². The van der Waals surface area contributed by atoms with E-state index in [0.717, 1.165) is 21.6 Å². The Kier molecular flexibility index (Phi) is 5.26. The maximum atomic E-state index is 12.8. The average molecular weight is 407 g/mol. The molecule has 4 nitrogen and oxygen atoms in total. The molecule has 0 aromatic heterocycles. The Bertz CT molecular complexity index is 1090. The van der Waals surface area contributed by atoms with Crippen LogP contribution < -0.4 is 5.46 Å². The fourth-order valence-electron chi connectivity index (χ4n) is 3.14. The zero-order chi connectivity index (χ0) is 19.7. The molecule has 3 aromatic rings. The van der Waals surface area contributed by atoms with Crippen LogP contribution in [0.3, 0.4) is 0 Å². The number of hydrogen-bond donors (Lipinski definition) is 1. The maximum absolute atomic E-state index is 12.8. The van der Waals surface area contributed by atoms with E-state index in [9.17, 15) is 9.82 Å². The van der Waals surface area contributed by atoms with Crippen LogP contribution in [0.15, 0.2) is 76.7 Å². The minimum absolute atomic E-state index is 0.300. The highest BCUT2D eigenvalue weighted by Crippen LogP contribution is 2.26. The number of hydrazone groups is 1. The minimum Gasteiger partial charge on any atom is -0.427 e. The van der Waals surface area contributed by atoms with Crippen LogP contribution in [-0.4, -0.2) is 35.4 Å². The summed E-state index contributed by atoms with van der Waals surface area (Å²) in [6.07, 6.45) is 3.64. The molecule has 138 valence electrons. The van der Waals surface area contributed by atoms with E-state index in [-0.39, 0.29) is 0 Å². The van der Waals surface area contributed by atoms with Crippen molar-refractivity contribution in [1.29, 1.82) is 0 Å². The summed E-state index contributed by atoms with van der Waals surface area (Å²) in [4.78, 5) is 15.0. The van der Waals surface area contributed by atoms with Crippen LogP contribution in [0.25, 0.3) is 11.1 Å². The normalized spacial score (nSPS) is 12.8. The summed E-state index contributed by atoms with van der Waals surface area (Å²) in [6, 6.07) is 20.7. The Morgan fingerprint density at radius 2 is 1.86 bits per heavy atom. The molecule has 0 atom stereocenters. The summed E-state index contributed by atoms with van der Waals surface area (Å²) in [6.45, 7) is 0. The number of amides is 1. The van der Waals surface area contributed by atoms with Crippen LogP contribution in [-0.2, 0) is 0 Å². The van der Waals surface area contributed by atoms with Crippen molar-refractivity contribution in [1.82, 2.24) is 4.92 Å². The lowest BCUT2D eigenvalue weighted by Crippen LogP contribution is -2.52. The van der Waals surface area contributed by atoms with Gasteiger partial charge in [0.15, 0.2) is 0 Å². The molecule has 0 aliphatic carbocycles. The Labute approximate surface area is 173 Å². The number of benzene rings is 3. The predicted octanol–water partition coefficient (Wildman–Crippen LogP) is 3.91. The Morgan fingerprint density at radius 1 is 1.07 bits per heavy atom. The molecular weight excluding hydrogens is 391 g/mol. The highest BCUT2D eigenvalue weighted by Gasteiger charge is 2.34. The molecular formula is C21H16BClN2O2S. The first-order chi connectivity index (χ1) is 13.6. The van der Waals surface area contributed by atoms with Gasteiger partial charge in [-0.3, -0.25) is 4.79 Å². The molecule has 0 saturated heterocycles. The van der Waals surface area contributed by atoms with Gasteiger partial charge in [0.1, 0.15) is 0 Å². The topological polar surface area (TPSA) is 52.9 Å². The van der Waals surface area contributed by atoms with E-state index < -0.39 is 13.0 Å². The predicted molar refractivity (Wildman–Crippen MR) is 116 cm³/mol. The van der Waals surface area contributed by atoms with E-state index in [1.807, 2.05) is 36.6 Å². The van der Waals surface area contributed by atoms with Crippen molar-refractivity contribution in [3.05, 3.63) is 82.9 Å². The fourth-order valence-corrected chi connectivity index (χ4v) is 3.82. The molecule has 0 unspecified atom stereocenters. The summed E-state index contributed by atoms with van der Waals surface area (Å²) in [5.41, 5.74) is 3.82. The Morgan fingerprint density at radius 3 is 2.64 bits per heavy atom. The van der Waals surface area contributed by atoms with Crippen LogP contribution in [0.4, 0.5) is 0 Å². The lowest BCUT2D eigenvalue weighted by atomic mass is 9.69. The van der Waals surface area contributed by atoms with Gasteiger partial charge in [-0.25, -0.2) is 4.92 Å². The summed E-state index contributed by atoms with van der Waals surface area (Å²) >= 11 is 7.80. The van der Waals surface area contributed by atoms with Gasteiger partial charge in [0.05, 0.1) is 16.8 Å². The maximum Gasteiger partial charge on any atom is 0.474 e. The van der Waals surface area contributed by atoms with Gasteiger partial charge in [0.2, 0.25) is 0 Å². The summed E-state index contributed by atoms with van der Waals surface area (Å²) in [5, 5.41) is 15.2. The van der Waals surface area contributed by atoms with Crippen molar-refractivity contribution in [3.63, 3.8) is 0 Å². The molecule has 1 N–H and O–H groups in total. The van der Waals surface area contributed by atoms with E-state index in [0.29, 0.717) is 16.0 Å². The number of fused-ring (bicyclic) bond motifs is 1. The van der Waals surface area contributed by atoms with Crippen molar-refractivity contribution in [2.75, 3.05) is 6.26 Å². The molecule has 4 rings (SSSR count). The number of carbonyl (C=O) groups excluding carboxylic acids is 1. The minimum atomic E-state index is -1.17. The number of nitrogens with zero attached hydrogens (tertiary/aromatic N) is 2. The first-order valence-corrected chi connectivity index (χ1v) is 10.3. The third-order valence-electron chi connectivity index (χ3n) is 4.63. The van der Waals surface area contributed by atoms with E-state index in [4.69, 9.17) is 11.6 Å². The zero-order valence-corrected chi connectivity index (χ0v) is 16.6. The first-order valence-electron chi connectivity index (χ1n) is 8.67. The highest BCUT2D eigenvalue weighted by molar-refractivity contribution is 7.98. The second kappa shape index (κ2) is 7.83. The second-order valence-corrected chi connectivity index (χ2v) is 7.61. The summed E-state index contributed by atoms with van der Waals surface area (Å²) in [5.74, 6) is -0.447. The quantitative estimate of drug-likeness (QED) is 0.530. The van der Waals surface area contributed by atoms with Gasteiger partial charge in [-0.15, -0.1) is 11.8 Å². The van der Waals surface area contributed by atoms with Crippen molar-refractivity contribution in [3.8, 4) is 11.1 Å². The van der Waals surface area contributed by atoms with Crippen LogP contribution in [0.1, 0.15) is 15.9 Å². The average Bonchev–Trinajstić information content (AvgIpc) is 2.73. The van der Waals surface area contributed by atoms with E-state index in [1.54, 1.807) is 42.2 Å². The molecule has 1 aliphatic rings. The molecule has 3 aromatic carbocycles. The number of thioether (sulfide) groups is 1. The van der Waals surface area contributed by atoms with Gasteiger partial charge in [-0.05, 0) is 58.7 Å². The highest BCUT2D eigenvalue weighted by atomic mass is 35.5. The van der Waals surface area contributed by atoms with Gasteiger partial charge in [-0.1, -0.05) is 48.0 Å². The van der Waals surface area contributed by atoms with Gasteiger partial charge >= 0.3 is 7.05 Å². The lowest BCUT2D eigenvalue weighted by molar-refractivity contribution is 0.0846. The third kappa shape index (κ3) is 3.46. The van der Waals surface area contributed by atoms with Crippen LogP contribution in [0.5, 0.6) is 0 Å². The van der Waals surface area contributed by atoms with E-state index in [2.05, 4.69) is 17.2 Å². The molecule has 0 spiro atoms. The third-order valence-corrected chi connectivity index (χ3v) is 5.69. The molecule has 1 amide bonds. The number of hydrogen-bond acceptors (Lipinski definition) is 4. The monoisotopic (exact) mass is 406 g/mol. The molecule has 0 radical (unpaired) electrons. The fraction of sp³-hybridized carbons (Fsp3) is 0.0476. The van der Waals surface area contributed by atoms with Gasteiger partial charge in [-0.2, -0.15) is 5.10 Å². The van der Waals surface area contributed by atoms with Crippen molar-refractivity contribution < 1.29 is 9.82 Å². The van der Waals surface area contributed by atoms with Gasteiger partial charge in [0.25, 0.3) is 5.91 Å². The first kappa shape index (κ1) is 18.8. The van der Waals surface area contributed by atoms with E-state index in [1.165, 1.54) is 4.90 Å². The van der Waals surface area contributed by atoms with Gasteiger partial charge < -0.3 is 5.02 Å². The van der Waals surface area contributed by atoms with Crippen LogP contribution in [0, 0.1) is 0 Å². The molecule has 28 heavy (non-hydrogen) atoms. The van der Waals surface area contributed by atoms with Crippen molar-refractivity contribution >= 4 is 48.0 Å². The summed E-state index contributed by atoms with van der Waals surface area (Å²) < 4.78 is 0. The molecule has 0 fully saturated rings. The summed E-state index contributed by atoms with van der Waals surface area (Å²) in [7, 11) is -1.17. The van der Waals surface area contributed by atoms with Crippen molar-refractivity contribution in [2.24, 2.45) is 5.10 Å². The number of halogens is 1. The molecule has 1 aliphatic heterocycles. The SMILES string of the molecule is CSc1cccc(-c2ccc3c(c2)C=NN(C(=O)c2ccccc2Cl)B3O)c1. The Balaban J connectivity index is 1.66. The van der Waals surface area contributed by atoms with Crippen LogP contribution >= 0.6 is 23.4 Å². The molecule has 7 heteroatoms. The van der Waals surface area contributed by atoms with Gasteiger partial charge in [0, 0.05) is 4.90 Å². The largest absolute Gasteiger partial charge is 0.474 e. The number of carbonyl (C=O) groups is 1. The van der Waals surface area contributed by atoms with Crippen LogP contribution in [0.2, 0.25) is 5.02 Å².